The lowest BCUT2D eigenvalue weighted by Gasteiger charge is -2.35. The number of morpholine rings is 1. The number of hydrogen-bond acceptors (Lipinski definition) is 5. The van der Waals surface area contributed by atoms with E-state index in [1.54, 1.807) is 11.3 Å². The lowest BCUT2D eigenvalue weighted by molar-refractivity contribution is 0.0109. The number of hydrogen-bond donors (Lipinski definition) is 0. The summed E-state index contributed by atoms with van der Waals surface area (Å²) in [7, 11) is 2.00. The highest BCUT2D eigenvalue weighted by molar-refractivity contribution is 7.10. The predicted octanol–water partition coefficient (Wildman–Crippen LogP) is 1.58. The van der Waals surface area contributed by atoms with Gasteiger partial charge in [-0.05, 0) is 18.5 Å². The van der Waals surface area contributed by atoms with Crippen molar-refractivity contribution in [2.45, 2.75) is 6.04 Å². The Labute approximate surface area is 112 Å². The van der Waals surface area contributed by atoms with Gasteiger partial charge in [-0.2, -0.15) is 5.26 Å². The van der Waals surface area contributed by atoms with Crippen molar-refractivity contribution < 1.29 is 4.74 Å². The normalized spacial score (nSPS) is 18.7. The van der Waals surface area contributed by atoms with Gasteiger partial charge in [-0.25, -0.2) is 0 Å². The van der Waals surface area contributed by atoms with E-state index in [9.17, 15) is 0 Å². The van der Waals surface area contributed by atoms with Gasteiger partial charge in [0.15, 0.2) is 0 Å². The zero-order valence-corrected chi connectivity index (χ0v) is 11.5. The molecule has 1 aromatic rings. The van der Waals surface area contributed by atoms with Gasteiger partial charge in [0, 0.05) is 24.5 Å². The molecule has 0 bridgehead atoms. The molecule has 5 heteroatoms. The minimum Gasteiger partial charge on any atom is -0.379 e. The molecule has 1 aromatic heterocycles. The van der Waals surface area contributed by atoms with Crippen LogP contribution in [0.5, 0.6) is 0 Å². The van der Waals surface area contributed by atoms with Crippen LogP contribution in [0, 0.1) is 11.3 Å². The molecule has 1 atom stereocenters. The number of likely N-dealkylation sites (N-methyl/N-ethyl adjacent to an activating group) is 1. The maximum atomic E-state index is 8.77. The van der Waals surface area contributed by atoms with Crippen molar-refractivity contribution in [3.63, 3.8) is 0 Å². The molecule has 0 aromatic carbocycles. The predicted molar refractivity (Wildman–Crippen MR) is 72.6 cm³/mol. The first-order chi connectivity index (χ1) is 8.81. The number of rotatable bonds is 5. The molecule has 2 rings (SSSR count). The molecule has 0 amide bonds. The number of thiophene rings is 1. The Morgan fingerprint density at radius 2 is 2.33 bits per heavy atom. The fourth-order valence-corrected chi connectivity index (χ4v) is 3.09. The van der Waals surface area contributed by atoms with Crippen LogP contribution in [0.25, 0.3) is 0 Å². The van der Waals surface area contributed by atoms with Gasteiger partial charge < -0.3 is 4.74 Å². The van der Waals surface area contributed by atoms with Gasteiger partial charge in [0.1, 0.15) is 0 Å². The highest BCUT2D eigenvalue weighted by Crippen LogP contribution is 2.26. The third kappa shape index (κ3) is 3.53. The lowest BCUT2D eigenvalue weighted by atomic mass is 10.1. The first kappa shape index (κ1) is 13.5. The third-order valence-electron chi connectivity index (χ3n) is 3.18. The molecule has 1 saturated heterocycles. The smallest absolute Gasteiger partial charge is 0.0864 e. The highest BCUT2D eigenvalue weighted by atomic mass is 32.1. The van der Waals surface area contributed by atoms with Crippen molar-refractivity contribution in [2.75, 3.05) is 46.4 Å². The minimum atomic E-state index is 0.382. The monoisotopic (exact) mass is 265 g/mol. The molecule has 1 aliphatic heterocycles. The standard InChI is InChI=1S/C13H19N3OS/c1-15(5-4-14)11-12(13-3-2-10-18-13)16-6-8-17-9-7-16/h2-3,10,12H,5-9,11H2,1H3/t12-/m1/s1. The van der Waals surface area contributed by atoms with E-state index in [0.29, 0.717) is 12.6 Å². The molecule has 0 spiro atoms. The van der Waals surface area contributed by atoms with E-state index in [1.165, 1.54) is 4.88 Å². The van der Waals surface area contributed by atoms with Gasteiger partial charge in [0.05, 0.1) is 31.9 Å². The van der Waals surface area contributed by atoms with Gasteiger partial charge >= 0.3 is 0 Å². The maximum Gasteiger partial charge on any atom is 0.0864 e. The van der Waals surface area contributed by atoms with Crippen LogP contribution in [0.4, 0.5) is 0 Å². The summed E-state index contributed by atoms with van der Waals surface area (Å²) in [6, 6.07) is 6.87. The Morgan fingerprint density at radius 3 is 2.94 bits per heavy atom. The molecule has 0 N–H and O–H groups in total. The zero-order chi connectivity index (χ0) is 12.8. The SMILES string of the molecule is CN(CC#N)C[C@H](c1cccs1)N1CCOCC1. The van der Waals surface area contributed by atoms with E-state index in [-0.39, 0.29) is 0 Å². The summed E-state index contributed by atoms with van der Waals surface area (Å²) < 4.78 is 5.42. The lowest BCUT2D eigenvalue weighted by Crippen LogP contribution is -2.43. The second kappa shape index (κ2) is 6.86. The van der Waals surface area contributed by atoms with Crippen LogP contribution in [0.15, 0.2) is 17.5 Å². The first-order valence-electron chi connectivity index (χ1n) is 6.22. The quantitative estimate of drug-likeness (QED) is 0.758. The van der Waals surface area contributed by atoms with E-state index >= 15 is 0 Å². The molecular formula is C13H19N3OS. The van der Waals surface area contributed by atoms with Crippen LogP contribution in [-0.4, -0.2) is 56.2 Å². The van der Waals surface area contributed by atoms with Crippen LogP contribution in [-0.2, 0) is 4.74 Å². The Balaban J connectivity index is 2.05. The van der Waals surface area contributed by atoms with E-state index in [1.807, 2.05) is 7.05 Å². The number of ether oxygens (including phenoxy) is 1. The molecule has 1 aliphatic rings. The van der Waals surface area contributed by atoms with Gasteiger partial charge in [0.2, 0.25) is 0 Å². The van der Waals surface area contributed by atoms with E-state index in [4.69, 9.17) is 10.00 Å². The largest absolute Gasteiger partial charge is 0.379 e. The topological polar surface area (TPSA) is 39.5 Å². The summed E-state index contributed by atoms with van der Waals surface area (Å²) in [6.07, 6.45) is 0. The number of nitriles is 1. The summed E-state index contributed by atoms with van der Waals surface area (Å²) in [5.74, 6) is 0. The second-order valence-electron chi connectivity index (χ2n) is 4.53. The van der Waals surface area contributed by atoms with Crippen molar-refractivity contribution >= 4 is 11.3 Å². The molecule has 0 aliphatic carbocycles. The van der Waals surface area contributed by atoms with Gasteiger partial charge in [-0.3, -0.25) is 9.80 Å². The summed E-state index contributed by atoms with van der Waals surface area (Å²) >= 11 is 1.79. The van der Waals surface area contributed by atoms with Crippen LogP contribution in [0.3, 0.4) is 0 Å². The van der Waals surface area contributed by atoms with Crippen LogP contribution >= 0.6 is 11.3 Å². The van der Waals surface area contributed by atoms with Crippen molar-refractivity contribution in [3.05, 3.63) is 22.4 Å². The van der Waals surface area contributed by atoms with Crippen LogP contribution in [0.1, 0.15) is 10.9 Å². The van der Waals surface area contributed by atoms with Crippen molar-refractivity contribution in [3.8, 4) is 6.07 Å². The average molecular weight is 265 g/mol. The molecule has 0 radical (unpaired) electrons. The Kier molecular flexibility index (Phi) is 5.14. The Morgan fingerprint density at radius 1 is 1.56 bits per heavy atom. The summed E-state index contributed by atoms with van der Waals surface area (Å²) in [5.41, 5.74) is 0. The summed E-state index contributed by atoms with van der Waals surface area (Å²) in [4.78, 5) is 5.92. The van der Waals surface area contributed by atoms with Gasteiger partial charge in [-0.1, -0.05) is 6.07 Å². The van der Waals surface area contributed by atoms with E-state index < -0.39 is 0 Å². The van der Waals surface area contributed by atoms with Gasteiger partial charge in [0.25, 0.3) is 0 Å². The zero-order valence-electron chi connectivity index (χ0n) is 10.7. The van der Waals surface area contributed by atoms with E-state index in [2.05, 4.69) is 33.4 Å². The van der Waals surface area contributed by atoms with E-state index in [0.717, 1.165) is 32.8 Å². The molecule has 4 nitrogen and oxygen atoms in total. The summed E-state index contributed by atoms with van der Waals surface area (Å²) in [6.45, 7) is 4.94. The first-order valence-corrected chi connectivity index (χ1v) is 7.10. The van der Waals surface area contributed by atoms with Crippen LogP contribution < -0.4 is 0 Å². The average Bonchev–Trinajstić information content (AvgIpc) is 2.91. The molecule has 0 unspecified atom stereocenters. The molecule has 18 heavy (non-hydrogen) atoms. The highest BCUT2D eigenvalue weighted by Gasteiger charge is 2.24. The van der Waals surface area contributed by atoms with Crippen LogP contribution in [0.2, 0.25) is 0 Å². The number of nitrogens with zero attached hydrogens (tertiary/aromatic N) is 3. The molecule has 0 saturated carbocycles. The van der Waals surface area contributed by atoms with Crippen molar-refractivity contribution in [1.82, 2.24) is 9.80 Å². The van der Waals surface area contributed by atoms with Crippen molar-refractivity contribution in [2.24, 2.45) is 0 Å². The van der Waals surface area contributed by atoms with Gasteiger partial charge in [-0.15, -0.1) is 11.3 Å². The summed E-state index contributed by atoms with van der Waals surface area (Å²) in [5, 5.41) is 10.9. The molecular weight excluding hydrogens is 246 g/mol. The minimum absolute atomic E-state index is 0.382. The molecule has 98 valence electrons. The molecule has 2 heterocycles. The Bertz CT molecular complexity index is 381. The third-order valence-corrected chi connectivity index (χ3v) is 4.16. The fourth-order valence-electron chi connectivity index (χ4n) is 2.24. The maximum absolute atomic E-state index is 8.77. The van der Waals surface area contributed by atoms with Crippen molar-refractivity contribution in [1.29, 1.82) is 5.26 Å². The fraction of sp³-hybridized carbons (Fsp3) is 0.615. The second-order valence-corrected chi connectivity index (χ2v) is 5.51. The Hall–Kier alpha value is -0.930. The molecule has 1 fully saturated rings.